The van der Waals surface area contributed by atoms with Gasteiger partial charge in [-0.1, -0.05) is 24.6 Å². The highest BCUT2D eigenvalue weighted by Crippen LogP contribution is 2.30. The zero-order chi connectivity index (χ0) is 24.1. The van der Waals surface area contributed by atoms with Crippen molar-refractivity contribution in [3.63, 3.8) is 0 Å². The molecule has 182 valence electrons. The number of benzene rings is 1. The van der Waals surface area contributed by atoms with Crippen LogP contribution in [0.4, 0.5) is 17.2 Å². The van der Waals surface area contributed by atoms with Crippen molar-refractivity contribution in [2.24, 2.45) is 11.8 Å². The van der Waals surface area contributed by atoms with Crippen LogP contribution in [-0.2, 0) is 14.3 Å². The minimum absolute atomic E-state index is 0.0342. The number of anilines is 3. The summed E-state index contributed by atoms with van der Waals surface area (Å²) in [5.41, 5.74) is 1.75. The lowest BCUT2D eigenvalue weighted by atomic mass is 9.84. The van der Waals surface area contributed by atoms with E-state index in [-0.39, 0.29) is 23.8 Å². The molecule has 0 spiro atoms. The van der Waals surface area contributed by atoms with Gasteiger partial charge in [-0.25, -0.2) is 9.78 Å². The van der Waals surface area contributed by atoms with Gasteiger partial charge < -0.3 is 25.0 Å². The van der Waals surface area contributed by atoms with E-state index in [1.54, 1.807) is 24.3 Å². The molecule has 2 N–H and O–H groups in total. The van der Waals surface area contributed by atoms with Crippen LogP contribution in [0.15, 0.2) is 36.4 Å². The largest absolute Gasteiger partial charge is 0.465 e. The second-order valence-electron chi connectivity index (χ2n) is 8.84. The topological polar surface area (TPSA) is 92.8 Å². The number of aromatic nitrogens is 1. The second-order valence-corrected chi connectivity index (χ2v) is 9.22. The molecule has 34 heavy (non-hydrogen) atoms. The van der Waals surface area contributed by atoms with Crippen molar-refractivity contribution >= 4 is 40.7 Å². The minimum atomic E-state index is -0.421. The Labute approximate surface area is 205 Å². The van der Waals surface area contributed by atoms with Crippen molar-refractivity contribution in [3.8, 4) is 0 Å². The zero-order valence-corrected chi connectivity index (χ0v) is 20.3. The Hall–Kier alpha value is -2.84. The molecule has 1 amide bonds. The average molecular weight is 487 g/mol. The van der Waals surface area contributed by atoms with E-state index in [1.807, 2.05) is 19.1 Å². The molecule has 0 saturated carbocycles. The number of rotatable bonds is 8. The molecule has 0 radical (unpaired) electrons. The molecule has 0 bridgehead atoms. The van der Waals surface area contributed by atoms with Gasteiger partial charge in [-0.05, 0) is 55.5 Å². The van der Waals surface area contributed by atoms with Gasteiger partial charge >= 0.3 is 5.97 Å². The van der Waals surface area contributed by atoms with Crippen molar-refractivity contribution in [2.45, 2.75) is 32.3 Å². The number of carbonyl (C=O) groups is 2. The van der Waals surface area contributed by atoms with Gasteiger partial charge in [0.1, 0.15) is 11.0 Å². The lowest BCUT2D eigenvalue weighted by molar-refractivity contribution is -0.121. The Morgan fingerprint density at radius 1 is 1.21 bits per heavy atom. The van der Waals surface area contributed by atoms with Crippen LogP contribution in [0.5, 0.6) is 0 Å². The van der Waals surface area contributed by atoms with Crippen LogP contribution in [0.25, 0.3) is 0 Å². The van der Waals surface area contributed by atoms with Crippen LogP contribution >= 0.6 is 11.6 Å². The maximum atomic E-state index is 13.1. The fourth-order valence-corrected chi connectivity index (χ4v) is 4.54. The molecule has 0 aliphatic carbocycles. The molecule has 3 heterocycles. The van der Waals surface area contributed by atoms with Crippen LogP contribution in [0.2, 0.25) is 5.15 Å². The quantitative estimate of drug-likeness (QED) is 0.426. The molecule has 9 heteroatoms. The maximum Gasteiger partial charge on any atom is 0.337 e. The van der Waals surface area contributed by atoms with Crippen molar-refractivity contribution in [2.75, 3.05) is 48.9 Å². The molecule has 1 unspecified atom stereocenters. The smallest absolute Gasteiger partial charge is 0.337 e. The first-order valence-corrected chi connectivity index (χ1v) is 12.1. The third-order valence-corrected chi connectivity index (χ3v) is 6.91. The number of nitrogens with zero attached hydrogens (tertiary/aromatic N) is 2. The molecule has 1 aromatic carbocycles. The number of ether oxygens (including phenoxy) is 2. The first-order valence-electron chi connectivity index (χ1n) is 11.7. The monoisotopic (exact) mass is 486 g/mol. The first kappa shape index (κ1) is 24.3. The summed E-state index contributed by atoms with van der Waals surface area (Å²) >= 11 is 6.03. The summed E-state index contributed by atoms with van der Waals surface area (Å²) in [6, 6.07) is 10.7. The van der Waals surface area contributed by atoms with E-state index in [9.17, 15) is 9.59 Å². The Bertz CT molecular complexity index is 1020. The number of nitrogens with one attached hydrogen (secondary N) is 2. The first-order chi connectivity index (χ1) is 16.4. The Morgan fingerprint density at radius 2 is 1.97 bits per heavy atom. The molecule has 2 atom stereocenters. The summed E-state index contributed by atoms with van der Waals surface area (Å²) < 4.78 is 10.3. The van der Waals surface area contributed by atoms with Crippen LogP contribution in [0.1, 0.15) is 36.5 Å². The molecule has 2 aromatic rings. The highest BCUT2D eigenvalue weighted by Gasteiger charge is 2.29. The lowest BCUT2D eigenvalue weighted by Crippen LogP contribution is -2.39. The van der Waals surface area contributed by atoms with Gasteiger partial charge in [0.25, 0.3) is 0 Å². The predicted octanol–water partition coefficient (Wildman–Crippen LogP) is 4.21. The Kier molecular flexibility index (Phi) is 7.90. The molecule has 1 aromatic heterocycles. The second kappa shape index (κ2) is 11.1. The maximum absolute atomic E-state index is 13.1. The SMILES string of the molecule is COC(=O)c1ccc(NC(=O)C(C)C2CCN(c3cccc(Cl)n3)CC2)c(NC[C@@H]2CCO2)c1. The van der Waals surface area contributed by atoms with Crippen molar-refractivity contribution in [3.05, 3.63) is 47.1 Å². The molecule has 2 aliphatic rings. The highest BCUT2D eigenvalue weighted by molar-refractivity contribution is 6.29. The van der Waals surface area contributed by atoms with E-state index in [1.165, 1.54) is 7.11 Å². The summed E-state index contributed by atoms with van der Waals surface area (Å²) in [7, 11) is 1.35. The number of piperidine rings is 1. The van der Waals surface area contributed by atoms with Crippen LogP contribution < -0.4 is 15.5 Å². The molecule has 4 rings (SSSR count). The van der Waals surface area contributed by atoms with E-state index < -0.39 is 5.97 Å². The highest BCUT2D eigenvalue weighted by atomic mass is 35.5. The Morgan fingerprint density at radius 3 is 2.62 bits per heavy atom. The fraction of sp³-hybridized carbons (Fsp3) is 0.480. The zero-order valence-electron chi connectivity index (χ0n) is 19.6. The van der Waals surface area contributed by atoms with Crippen LogP contribution in [0, 0.1) is 11.8 Å². The number of hydrogen-bond donors (Lipinski definition) is 2. The van der Waals surface area contributed by atoms with Crippen LogP contribution in [-0.4, -0.2) is 56.3 Å². The van der Waals surface area contributed by atoms with Gasteiger partial charge in [0, 0.05) is 32.2 Å². The van der Waals surface area contributed by atoms with E-state index in [0.717, 1.165) is 44.8 Å². The van der Waals surface area contributed by atoms with Crippen molar-refractivity contribution in [1.82, 2.24) is 4.98 Å². The van der Waals surface area contributed by atoms with Crippen molar-refractivity contribution in [1.29, 1.82) is 0 Å². The van der Waals surface area contributed by atoms with Gasteiger partial charge in [-0.3, -0.25) is 4.79 Å². The lowest BCUT2D eigenvalue weighted by Gasteiger charge is -2.35. The molecular weight excluding hydrogens is 456 g/mol. The summed E-state index contributed by atoms with van der Waals surface area (Å²) in [5, 5.41) is 6.86. The summed E-state index contributed by atoms with van der Waals surface area (Å²) in [5.74, 6) is 0.533. The fourth-order valence-electron chi connectivity index (χ4n) is 4.38. The van der Waals surface area contributed by atoms with Gasteiger partial charge in [-0.15, -0.1) is 0 Å². The predicted molar refractivity (Wildman–Crippen MR) is 133 cm³/mol. The van der Waals surface area contributed by atoms with E-state index in [0.29, 0.717) is 28.6 Å². The van der Waals surface area contributed by atoms with Gasteiger partial charge in [0.15, 0.2) is 0 Å². The van der Waals surface area contributed by atoms with E-state index >= 15 is 0 Å². The third-order valence-electron chi connectivity index (χ3n) is 6.70. The van der Waals surface area contributed by atoms with E-state index in [4.69, 9.17) is 21.1 Å². The van der Waals surface area contributed by atoms with Crippen LogP contribution in [0.3, 0.4) is 0 Å². The van der Waals surface area contributed by atoms with Gasteiger partial charge in [0.2, 0.25) is 5.91 Å². The van der Waals surface area contributed by atoms with Crippen molar-refractivity contribution < 1.29 is 19.1 Å². The molecular formula is C25H31ClN4O4. The number of esters is 1. The molecule has 2 fully saturated rings. The average Bonchev–Trinajstić information content (AvgIpc) is 2.83. The van der Waals surface area contributed by atoms with E-state index in [2.05, 4.69) is 20.5 Å². The number of carbonyl (C=O) groups excluding carboxylic acids is 2. The number of halogens is 1. The molecule has 2 saturated heterocycles. The summed E-state index contributed by atoms with van der Waals surface area (Å²) in [6.07, 6.45) is 2.93. The molecule has 2 aliphatic heterocycles. The normalized spacial score (nSPS) is 19.1. The number of pyridine rings is 1. The number of hydrogen-bond acceptors (Lipinski definition) is 7. The summed E-state index contributed by atoms with van der Waals surface area (Å²) in [6.45, 7) is 5.02. The number of amides is 1. The standard InChI is InChI=1S/C25H31ClN4O4/c1-16(17-8-11-30(12-9-17)23-5-3-4-22(26)29-23)24(31)28-20-7-6-18(25(32)33-2)14-21(20)27-15-19-10-13-34-19/h3-7,14,16-17,19,27H,8-13,15H2,1-2H3,(H,28,31)/t16?,19-/m0/s1. The summed E-state index contributed by atoms with van der Waals surface area (Å²) in [4.78, 5) is 31.7. The minimum Gasteiger partial charge on any atom is -0.465 e. The van der Waals surface area contributed by atoms with Gasteiger partial charge in [0.05, 0.1) is 30.2 Å². The van der Waals surface area contributed by atoms with Gasteiger partial charge in [-0.2, -0.15) is 0 Å². The Balaban J connectivity index is 1.38. The third kappa shape index (κ3) is 5.80. The number of methoxy groups -OCH3 is 1. The molecule has 8 nitrogen and oxygen atoms in total.